The first-order chi connectivity index (χ1) is 9.76. The Balaban J connectivity index is 2.00. The Morgan fingerprint density at radius 1 is 1.00 bits per heavy atom. The number of benzene rings is 2. The van der Waals surface area contributed by atoms with E-state index < -0.39 is 0 Å². The molecular formula is C18H22N2. The minimum absolute atomic E-state index is 0.144. The highest BCUT2D eigenvalue weighted by atomic mass is 15.2. The minimum Gasteiger partial charge on any atom is -0.271 e. The second-order valence-electron chi connectivity index (χ2n) is 5.89. The number of aryl methyl sites for hydroxylation is 1. The van der Waals surface area contributed by atoms with Gasteiger partial charge in [-0.1, -0.05) is 66.6 Å². The monoisotopic (exact) mass is 266 g/mol. The van der Waals surface area contributed by atoms with Gasteiger partial charge in [0.25, 0.3) is 0 Å². The van der Waals surface area contributed by atoms with Gasteiger partial charge in [-0.25, -0.2) is 0 Å². The SMILES string of the molecule is Cc1ccc(C(NN)C2(c3ccccc3)CCC2)cc1. The summed E-state index contributed by atoms with van der Waals surface area (Å²) in [6.07, 6.45) is 3.67. The third kappa shape index (κ3) is 2.15. The van der Waals surface area contributed by atoms with E-state index in [1.54, 1.807) is 0 Å². The Labute approximate surface area is 121 Å². The lowest BCUT2D eigenvalue weighted by atomic mass is 9.59. The van der Waals surface area contributed by atoms with E-state index in [9.17, 15) is 0 Å². The number of hydrogen-bond donors (Lipinski definition) is 2. The molecule has 1 saturated carbocycles. The van der Waals surface area contributed by atoms with Crippen LogP contribution in [0.2, 0.25) is 0 Å². The van der Waals surface area contributed by atoms with E-state index in [1.807, 2.05) is 0 Å². The molecule has 1 aliphatic rings. The van der Waals surface area contributed by atoms with Crippen LogP contribution < -0.4 is 11.3 Å². The van der Waals surface area contributed by atoms with Crippen LogP contribution in [0.15, 0.2) is 54.6 Å². The Morgan fingerprint density at radius 3 is 2.15 bits per heavy atom. The van der Waals surface area contributed by atoms with Gasteiger partial charge < -0.3 is 0 Å². The summed E-state index contributed by atoms with van der Waals surface area (Å²) in [5.74, 6) is 5.93. The van der Waals surface area contributed by atoms with Crippen molar-refractivity contribution in [3.8, 4) is 0 Å². The van der Waals surface area contributed by atoms with Crippen LogP contribution in [0.1, 0.15) is 42.0 Å². The maximum atomic E-state index is 5.93. The van der Waals surface area contributed by atoms with Gasteiger partial charge in [0.05, 0.1) is 6.04 Å². The molecule has 2 aromatic carbocycles. The molecule has 0 radical (unpaired) electrons. The van der Waals surface area contributed by atoms with Gasteiger partial charge >= 0.3 is 0 Å². The molecule has 1 atom stereocenters. The molecule has 0 aliphatic heterocycles. The fraction of sp³-hybridized carbons (Fsp3) is 0.333. The van der Waals surface area contributed by atoms with Crippen LogP contribution in [-0.4, -0.2) is 0 Å². The summed E-state index contributed by atoms with van der Waals surface area (Å²) >= 11 is 0. The molecule has 1 unspecified atom stereocenters. The molecule has 104 valence electrons. The minimum atomic E-state index is 0.144. The zero-order valence-corrected chi connectivity index (χ0v) is 12.0. The molecule has 0 saturated heterocycles. The van der Waals surface area contributed by atoms with Crippen LogP contribution in [0.25, 0.3) is 0 Å². The van der Waals surface area contributed by atoms with Crippen LogP contribution >= 0.6 is 0 Å². The predicted molar refractivity (Wildman–Crippen MR) is 83.2 cm³/mol. The molecule has 2 aromatic rings. The molecule has 1 aliphatic carbocycles. The standard InChI is InChI=1S/C18H22N2/c1-14-8-10-15(11-9-14)17(20-19)18(12-5-13-18)16-6-3-2-4-7-16/h2-4,6-11,17,20H,5,12-13,19H2,1H3. The predicted octanol–water partition coefficient (Wildman–Crippen LogP) is 3.62. The second-order valence-corrected chi connectivity index (χ2v) is 5.89. The highest BCUT2D eigenvalue weighted by Gasteiger charge is 2.45. The van der Waals surface area contributed by atoms with Gasteiger partial charge in [0.1, 0.15) is 0 Å². The zero-order chi connectivity index (χ0) is 14.0. The molecule has 3 rings (SSSR count). The molecule has 0 amide bonds. The summed E-state index contributed by atoms with van der Waals surface area (Å²) in [5.41, 5.74) is 7.18. The van der Waals surface area contributed by atoms with Crippen molar-refractivity contribution in [1.82, 2.24) is 5.43 Å². The van der Waals surface area contributed by atoms with E-state index in [1.165, 1.54) is 36.0 Å². The first-order valence-corrected chi connectivity index (χ1v) is 7.34. The maximum Gasteiger partial charge on any atom is 0.0556 e. The van der Waals surface area contributed by atoms with E-state index in [2.05, 4.69) is 66.9 Å². The van der Waals surface area contributed by atoms with Gasteiger partial charge in [-0.3, -0.25) is 11.3 Å². The highest BCUT2D eigenvalue weighted by Crippen LogP contribution is 2.51. The van der Waals surface area contributed by atoms with Gasteiger partial charge in [0.15, 0.2) is 0 Å². The quantitative estimate of drug-likeness (QED) is 0.655. The van der Waals surface area contributed by atoms with Crippen LogP contribution in [0.4, 0.5) is 0 Å². The topological polar surface area (TPSA) is 38.0 Å². The number of nitrogens with two attached hydrogens (primary N) is 1. The van der Waals surface area contributed by atoms with Crippen molar-refractivity contribution in [3.05, 3.63) is 71.3 Å². The number of hydrazine groups is 1. The largest absolute Gasteiger partial charge is 0.271 e. The molecule has 2 nitrogen and oxygen atoms in total. The fourth-order valence-electron chi connectivity index (χ4n) is 3.41. The lowest BCUT2D eigenvalue weighted by molar-refractivity contribution is 0.170. The van der Waals surface area contributed by atoms with E-state index >= 15 is 0 Å². The van der Waals surface area contributed by atoms with Gasteiger partial charge in [-0.15, -0.1) is 0 Å². The van der Waals surface area contributed by atoms with Crippen molar-refractivity contribution >= 4 is 0 Å². The zero-order valence-electron chi connectivity index (χ0n) is 12.0. The summed E-state index contributed by atoms with van der Waals surface area (Å²) in [6.45, 7) is 2.12. The van der Waals surface area contributed by atoms with Crippen molar-refractivity contribution in [3.63, 3.8) is 0 Å². The summed E-state index contributed by atoms with van der Waals surface area (Å²) in [7, 11) is 0. The van der Waals surface area contributed by atoms with Gasteiger partial charge in [0.2, 0.25) is 0 Å². The maximum absolute atomic E-state index is 5.93. The van der Waals surface area contributed by atoms with Crippen LogP contribution in [0, 0.1) is 6.92 Å². The summed E-state index contributed by atoms with van der Waals surface area (Å²) in [6, 6.07) is 19.7. The van der Waals surface area contributed by atoms with Crippen LogP contribution in [0.5, 0.6) is 0 Å². The third-order valence-electron chi connectivity index (χ3n) is 4.72. The smallest absolute Gasteiger partial charge is 0.0556 e. The third-order valence-corrected chi connectivity index (χ3v) is 4.72. The van der Waals surface area contributed by atoms with E-state index in [-0.39, 0.29) is 11.5 Å². The van der Waals surface area contributed by atoms with Gasteiger partial charge in [0, 0.05) is 5.41 Å². The fourth-order valence-corrected chi connectivity index (χ4v) is 3.41. The normalized spacial score (nSPS) is 18.3. The Hall–Kier alpha value is -1.64. The Morgan fingerprint density at radius 2 is 1.65 bits per heavy atom. The molecule has 0 aromatic heterocycles. The summed E-state index contributed by atoms with van der Waals surface area (Å²) in [4.78, 5) is 0. The Kier molecular flexibility index (Phi) is 3.60. The number of rotatable bonds is 4. The average molecular weight is 266 g/mol. The van der Waals surface area contributed by atoms with Crippen molar-refractivity contribution in [2.24, 2.45) is 5.84 Å². The van der Waals surface area contributed by atoms with Crippen LogP contribution in [-0.2, 0) is 5.41 Å². The second kappa shape index (κ2) is 5.39. The Bertz CT molecular complexity index is 556. The van der Waals surface area contributed by atoms with E-state index in [0.29, 0.717) is 0 Å². The molecule has 1 fully saturated rings. The van der Waals surface area contributed by atoms with Crippen molar-refractivity contribution in [1.29, 1.82) is 0 Å². The summed E-state index contributed by atoms with van der Waals surface area (Å²) < 4.78 is 0. The van der Waals surface area contributed by atoms with Crippen molar-refractivity contribution in [2.45, 2.75) is 37.6 Å². The van der Waals surface area contributed by atoms with Gasteiger partial charge in [-0.2, -0.15) is 0 Å². The number of nitrogens with one attached hydrogen (secondary N) is 1. The van der Waals surface area contributed by atoms with Gasteiger partial charge in [-0.05, 0) is 30.9 Å². The molecule has 0 bridgehead atoms. The first-order valence-electron chi connectivity index (χ1n) is 7.34. The van der Waals surface area contributed by atoms with Crippen molar-refractivity contribution in [2.75, 3.05) is 0 Å². The number of hydrogen-bond acceptors (Lipinski definition) is 2. The molecule has 2 heteroatoms. The molecule has 20 heavy (non-hydrogen) atoms. The molecule has 3 N–H and O–H groups in total. The lowest BCUT2D eigenvalue weighted by Crippen LogP contribution is -2.48. The molecule has 0 spiro atoms. The van der Waals surface area contributed by atoms with E-state index in [0.717, 1.165) is 0 Å². The summed E-state index contributed by atoms with van der Waals surface area (Å²) in [5, 5.41) is 0. The molecule has 0 heterocycles. The van der Waals surface area contributed by atoms with Crippen molar-refractivity contribution < 1.29 is 0 Å². The highest BCUT2D eigenvalue weighted by molar-refractivity contribution is 5.36. The van der Waals surface area contributed by atoms with E-state index in [4.69, 9.17) is 5.84 Å². The first kappa shape index (κ1) is 13.3. The molecular weight excluding hydrogens is 244 g/mol. The lowest BCUT2D eigenvalue weighted by Gasteiger charge is -2.48. The average Bonchev–Trinajstić information content (AvgIpc) is 2.45. The van der Waals surface area contributed by atoms with Crippen LogP contribution in [0.3, 0.4) is 0 Å².